The van der Waals surface area contributed by atoms with Gasteiger partial charge in [0.15, 0.2) is 23.6 Å². The van der Waals surface area contributed by atoms with E-state index in [2.05, 4.69) is 9.97 Å². The van der Waals surface area contributed by atoms with Gasteiger partial charge in [0.2, 0.25) is 5.95 Å². The highest BCUT2D eigenvalue weighted by Gasteiger charge is 2.46. The van der Waals surface area contributed by atoms with Crippen LogP contribution in [0.15, 0.2) is 9.59 Å². The fourth-order valence-electron chi connectivity index (χ4n) is 3.02. The second kappa shape index (κ2) is 6.58. The molecule has 0 radical (unpaired) electrons. The van der Waals surface area contributed by atoms with Crippen molar-refractivity contribution in [2.45, 2.75) is 50.9 Å². The van der Waals surface area contributed by atoms with E-state index >= 15 is 0 Å². The SMILES string of the molecule is CCCCn1c(=O)n([C@@H]2O[C@H](CO)[C@@H](F)[C@H]2O)c2nc(N)[nH]c(=O)c21. The molecule has 0 spiro atoms. The molecule has 0 amide bonds. The van der Waals surface area contributed by atoms with E-state index in [1.165, 1.54) is 4.57 Å². The van der Waals surface area contributed by atoms with Crippen molar-refractivity contribution in [2.24, 2.45) is 0 Å². The minimum atomic E-state index is -1.88. The average molecular weight is 357 g/mol. The first-order valence-corrected chi connectivity index (χ1v) is 7.99. The molecule has 1 fully saturated rings. The van der Waals surface area contributed by atoms with Crippen LogP contribution in [0.25, 0.3) is 11.2 Å². The van der Waals surface area contributed by atoms with Crippen molar-refractivity contribution in [3.63, 3.8) is 0 Å². The van der Waals surface area contributed by atoms with Crippen molar-refractivity contribution in [1.82, 2.24) is 19.1 Å². The van der Waals surface area contributed by atoms with Crippen LogP contribution in [-0.2, 0) is 11.3 Å². The van der Waals surface area contributed by atoms with Crippen LogP contribution in [-0.4, -0.2) is 54.3 Å². The maximum atomic E-state index is 14.0. The van der Waals surface area contributed by atoms with Gasteiger partial charge in [0, 0.05) is 6.54 Å². The number of hydrogen-bond donors (Lipinski definition) is 4. The number of hydrogen-bond acceptors (Lipinski definition) is 7. The molecule has 1 saturated heterocycles. The summed E-state index contributed by atoms with van der Waals surface area (Å²) in [6, 6.07) is 0. The van der Waals surface area contributed by atoms with Crippen molar-refractivity contribution < 1.29 is 19.3 Å². The standard InChI is InChI=1S/C14H20FN5O5/c1-2-3-4-19-8-10(17-13(16)18-11(8)23)20(14(19)24)12-9(22)7(15)6(5-21)25-12/h6-7,9,12,21-22H,2-5H2,1H3,(H3,16,17,18,23)/t6-,7-,9-,12-/m1/s1. The highest BCUT2D eigenvalue weighted by atomic mass is 19.1. The minimum Gasteiger partial charge on any atom is -0.394 e. The number of anilines is 1. The molecule has 4 atom stereocenters. The van der Waals surface area contributed by atoms with E-state index in [9.17, 15) is 19.1 Å². The third-order valence-corrected chi connectivity index (χ3v) is 4.29. The predicted molar refractivity (Wildman–Crippen MR) is 85.8 cm³/mol. The second-order valence-corrected chi connectivity index (χ2v) is 5.96. The number of nitrogens with two attached hydrogens (primary N) is 1. The monoisotopic (exact) mass is 357 g/mol. The summed E-state index contributed by atoms with van der Waals surface area (Å²) in [4.78, 5) is 31.4. The molecule has 0 saturated carbocycles. The van der Waals surface area contributed by atoms with Crippen LogP contribution < -0.4 is 17.0 Å². The van der Waals surface area contributed by atoms with E-state index in [1.807, 2.05) is 6.92 Å². The van der Waals surface area contributed by atoms with Crippen molar-refractivity contribution in [3.8, 4) is 0 Å². The molecule has 11 heteroatoms. The number of ether oxygens (including phenoxy) is 1. The number of fused-ring (bicyclic) bond motifs is 1. The molecule has 10 nitrogen and oxygen atoms in total. The van der Waals surface area contributed by atoms with Crippen molar-refractivity contribution in [3.05, 3.63) is 20.8 Å². The number of nitrogens with zero attached hydrogens (tertiary/aromatic N) is 3. The van der Waals surface area contributed by atoms with Gasteiger partial charge in [0.25, 0.3) is 5.56 Å². The fraction of sp³-hybridized carbons (Fsp3) is 0.643. The Morgan fingerprint density at radius 2 is 2.16 bits per heavy atom. The first-order valence-electron chi connectivity index (χ1n) is 7.99. The summed E-state index contributed by atoms with van der Waals surface area (Å²) in [5.41, 5.74) is 4.16. The van der Waals surface area contributed by atoms with E-state index in [0.29, 0.717) is 6.42 Å². The molecule has 0 unspecified atom stereocenters. The molecule has 1 aliphatic heterocycles. The second-order valence-electron chi connectivity index (χ2n) is 5.96. The Kier molecular flexibility index (Phi) is 4.62. The minimum absolute atomic E-state index is 0.0219. The van der Waals surface area contributed by atoms with Gasteiger partial charge in [-0.05, 0) is 6.42 Å². The molecular weight excluding hydrogens is 337 g/mol. The molecule has 0 aliphatic carbocycles. The van der Waals surface area contributed by atoms with Gasteiger partial charge >= 0.3 is 5.69 Å². The Hall–Kier alpha value is -2.24. The first kappa shape index (κ1) is 17.6. The van der Waals surface area contributed by atoms with Crippen LogP contribution in [0.5, 0.6) is 0 Å². The van der Waals surface area contributed by atoms with Crippen LogP contribution in [0.1, 0.15) is 26.0 Å². The van der Waals surface area contributed by atoms with Gasteiger partial charge in [-0.2, -0.15) is 4.98 Å². The zero-order valence-electron chi connectivity index (χ0n) is 13.6. The zero-order valence-corrected chi connectivity index (χ0v) is 13.6. The number of imidazole rings is 1. The average Bonchev–Trinajstić information content (AvgIpc) is 3.00. The molecule has 138 valence electrons. The zero-order chi connectivity index (χ0) is 18.3. The number of aromatic nitrogens is 4. The molecule has 25 heavy (non-hydrogen) atoms. The lowest BCUT2D eigenvalue weighted by Gasteiger charge is -2.15. The highest BCUT2D eigenvalue weighted by Crippen LogP contribution is 2.32. The number of aromatic amines is 1. The first-order chi connectivity index (χ1) is 11.9. The molecular formula is C14H20FN5O5. The summed E-state index contributed by atoms with van der Waals surface area (Å²) in [5.74, 6) is -0.220. The summed E-state index contributed by atoms with van der Waals surface area (Å²) in [7, 11) is 0. The molecule has 3 heterocycles. The Labute approximate surface area is 140 Å². The van der Waals surface area contributed by atoms with Crippen molar-refractivity contribution in [2.75, 3.05) is 12.3 Å². The van der Waals surface area contributed by atoms with E-state index in [-0.39, 0.29) is 23.7 Å². The van der Waals surface area contributed by atoms with Gasteiger partial charge in [0.05, 0.1) is 6.61 Å². The van der Waals surface area contributed by atoms with E-state index in [1.54, 1.807) is 0 Å². The Balaban J connectivity index is 2.23. The van der Waals surface area contributed by atoms with Gasteiger partial charge in [-0.1, -0.05) is 13.3 Å². The van der Waals surface area contributed by atoms with Gasteiger partial charge in [0.1, 0.15) is 12.2 Å². The summed E-state index contributed by atoms with van der Waals surface area (Å²) in [6.07, 6.45) is -4.86. The molecule has 2 aromatic rings. The molecule has 1 aliphatic rings. The third kappa shape index (κ3) is 2.73. The van der Waals surface area contributed by atoms with Crippen molar-refractivity contribution in [1.29, 1.82) is 0 Å². The number of aliphatic hydroxyl groups is 2. The number of H-pyrrole nitrogens is 1. The Morgan fingerprint density at radius 3 is 2.76 bits per heavy atom. The maximum absolute atomic E-state index is 14.0. The maximum Gasteiger partial charge on any atom is 0.332 e. The fourth-order valence-corrected chi connectivity index (χ4v) is 3.02. The van der Waals surface area contributed by atoms with Gasteiger partial charge in [-0.25, -0.2) is 13.8 Å². The summed E-state index contributed by atoms with van der Waals surface area (Å²) in [5, 5.41) is 19.2. The summed E-state index contributed by atoms with van der Waals surface area (Å²) in [6.45, 7) is 1.51. The predicted octanol–water partition coefficient (Wildman–Crippen LogP) is -1.14. The molecule has 0 aromatic carbocycles. The Morgan fingerprint density at radius 1 is 1.44 bits per heavy atom. The largest absolute Gasteiger partial charge is 0.394 e. The molecule has 5 N–H and O–H groups in total. The third-order valence-electron chi connectivity index (χ3n) is 4.29. The van der Waals surface area contributed by atoms with E-state index in [0.717, 1.165) is 11.0 Å². The van der Waals surface area contributed by atoms with Crippen LogP contribution in [0.4, 0.5) is 10.3 Å². The number of halogens is 1. The van der Waals surface area contributed by atoms with Crippen LogP contribution in [0.3, 0.4) is 0 Å². The van der Waals surface area contributed by atoms with Crippen LogP contribution in [0.2, 0.25) is 0 Å². The normalized spacial score (nSPS) is 26.6. The highest BCUT2D eigenvalue weighted by molar-refractivity contribution is 5.71. The number of nitrogens with one attached hydrogen (secondary N) is 1. The van der Waals surface area contributed by atoms with Crippen LogP contribution in [0, 0.1) is 0 Å². The topological polar surface area (TPSA) is 148 Å². The lowest BCUT2D eigenvalue weighted by Crippen LogP contribution is -2.34. The van der Waals surface area contributed by atoms with Gasteiger partial charge in [-0.3, -0.25) is 14.3 Å². The quantitative estimate of drug-likeness (QED) is 0.528. The van der Waals surface area contributed by atoms with Crippen LogP contribution >= 0.6 is 0 Å². The van der Waals surface area contributed by atoms with E-state index < -0.39 is 42.5 Å². The molecule has 2 aromatic heterocycles. The smallest absolute Gasteiger partial charge is 0.332 e. The number of aliphatic hydroxyl groups excluding tert-OH is 2. The number of alkyl halides is 1. The Bertz CT molecular complexity index is 890. The summed E-state index contributed by atoms with van der Waals surface area (Å²) < 4.78 is 21.5. The van der Waals surface area contributed by atoms with Gasteiger partial charge in [-0.15, -0.1) is 0 Å². The number of nitrogen functional groups attached to an aromatic ring is 1. The number of unbranched alkanes of at least 4 members (excludes halogenated alkanes) is 1. The summed E-state index contributed by atoms with van der Waals surface area (Å²) >= 11 is 0. The molecule has 0 bridgehead atoms. The number of aryl methyl sites for hydroxylation is 1. The van der Waals surface area contributed by atoms with E-state index in [4.69, 9.17) is 15.6 Å². The lowest BCUT2D eigenvalue weighted by atomic mass is 10.1. The van der Waals surface area contributed by atoms with Crippen molar-refractivity contribution >= 4 is 17.1 Å². The number of rotatable bonds is 5. The molecule has 3 rings (SSSR count). The lowest BCUT2D eigenvalue weighted by molar-refractivity contribution is -0.0513. The van der Waals surface area contributed by atoms with Gasteiger partial charge < -0.3 is 20.7 Å².